The molecule has 2 aliphatic heterocycles. The highest BCUT2D eigenvalue weighted by Gasteiger charge is 2.33. The van der Waals surface area contributed by atoms with Gasteiger partial charge in [0.1, 0.15) is 0 Å². The minimum Gasteiger partial charge on any atom is -0.339 e. The number of benzene rings is 2. The average Bonchev–Trinajstić information content (AvgIpc) is 2.78. The molecule has 2 aromatic rings. The summed E-state index contributed by atoms with van der Waals surface area (Å²) in [4.78, 5) is 29.0. The van der Waals surface area contributed by atoms with Crippen molar-refractivity contribution in [1.82, 2.24) is 9.80 Å². The summed E-state index contributed by atoms with van der Waals surface area (Å²) in [5, 5.41) is 0. The summed E-state index contributed by atoms with van der Waals surface area (Å²) < 4.78 is 26.4. The molecule has 0 radical (unpaired) electrons. The van der Waals surface area contributed by atoms with Crippen LogP contribution in [0.25, 0.3) is 0 Å². The molecule has 2 aliphatic rings. The molecule has 0 spiro atoms. The first-order chi connectivity index (χ1) is 14.9. The lowest BCUT2D eigenvalue weighted by atomic mass is 10.0. The van der Waals surface area contributed by atoms with Crippen molar-refractivity contribution in [2.24, 2.45) is 0 Å². The number of sulfonamides is 1. The Morgan fingerprint density at radius 3 is 2.42 bits per heavy atom. The molecule has 2 saturated heterocycles. The maximum atomic E-state index is 13.5. The molecule has 1 atom stereocenters. The number of nitrogens with zero attached hydrogens (tertiary/aromatic N) is 3. The monoisotopic (exact) mass is 441 g/mol. The van der Waals surface area contributed by atoms with Crippen molar-refractivity contribution in [2.75, 3.05) is 36.2 Å². The molecule has 0 aliphatic carbocycles. The summed E-state index contributed by atoms with van der Waals surface area (Å²) in [5.74, 6) is -0.0347. The van der Waals surface area contributed by atoms with E-state index in [1.165, 1.54) is 4.31 Å². The van der Waals surface area contributed by atoms with Crippen LogP contribution >= 0.6 is 0 Å². The second kappa shape index (κ2) is 8.70. The highest BCUT2D eigenvalue weighted by molar-refractivity contribution is 7.92. The Balaban J connectivity index is 1.64. The molecular weight excluding hydrogens is 414 g/mol. The minimum absolute atomic E-state index is 0.00895. The number of hydrogen-bond donors (Lipinski definition) is 0. The zero-order valence-electron chi connectivity index (χ0n) is 17.6. The Bertz CT molecular complexity index is 1070. The second-order valence-corrected chi connectivity index (χ2v) is 10.0. The van der Waals surface area contributed by atoms with E-state index in [1.807, 2.05) is 30.3 Å². The molecule has 8 heteroatoms. The zero-order chi connectivity index (χ0) is 22.0. The summed E-state index contributed by atoms with van der Waals surface area (Å²) >= 11 is 0. The highest BCUT2D eigenvalue weighted by Crippen LogP contribution is 2.29. The molecule has 31 heavy (non-hydrogen) atoms. The van der Waals surface area contributed by atoms with Crippen molar-refractivity contribution in [3.63, 3.8) is 0 Å². The molecule has 0 aromatic heterocycles. The van der Waals surface area contributed by atoms with Crippen LogP contribution < -0.4 is 4.31 Å². The molecule has 4 rings (SSSR count). The predicted molar refractivity (Wildman–Crippen MR) is 119 cm³/mol. The number of carbonyl (C=O) groups excluding carboxylic acids is 2. The average molecular weight is 442 g/mol. The van der Waals surface area contributed by atoms with Crippen molar-refractivity contribution in [3.05, 3.63) is 65.7 Å². The quantitative estimate of drug-likeness (QED) is 0.734. The van der Waals surface area contributed by atoms with E-state index in [1.54, 1.807) is 41.0 Å². The van der Waals surface area contributed by atoms with Crippen molar-refractivity contribution in [3.8, 4) is 0 Å². The SMILES string of the molecule is CC(=O)N1CCN(C(=O)c2cccc(N3CCCCS3(=O)=O)c2)[C@@H](c2ccccc2)C1. The first kappa shape index (κ1) is 21.4. The van der Waals surface area contributed by atoms with Crippen LogP contribution in [0.2, 0.25) is 0 Å². The summed E-state index contributed by atoms with van der Waals surface area (Å²) in [6.45, 7) is 3.31. The zero-order valence-corrected chi connectivity index (χ0v) is 18.4. The fraction of sp³-hybridized carbons (Fsp3) is 0.391. The Morgan fingerprint density at radius 2 is 1.71 bits per heavy atom. The smallest absolute Gasteiger partial charge is 0.254 e. The number of anilines is 1. The predicted octanol–water partition coefficient (Wildman–Crippen LogP) is 2.66. The summed E-state index contributed by atoms with van der Waals surface area (Å²) in [6.07, 6.45) is 1.47. The topological polar surface area (TPSA) is 78.0 Å². The van der Waals surface area contributed by atoms with Gasteiger partial charge in [-0.3, -0.25) is 13.9 Å². The van der Waals surface area contributed by atoms with Crippen molar-refractivity contribution >= 4 is 27.5 Å². The fourth-order valence-electron chi connectivity index (χ4n) is 4.31. The standard InChI is InChI=1S/C23H27N3O4S/c1-18(27)24-13-14-25(22(17-24)19-8-3-2-4-9-19)23(28)20-10-7-11-21(16-20)26-12-5-6-15-31(26,29)30/h2-4,7-11,16,22H,5-6,12-15,17H2,1H3/t22-/m1/s1. The van der Waals surface area contributed by atoms with Gasteiger partial charge in [-0.15, -0.1) is 0 Å². The van der Waals surface area contributed by atoms with E-state index in [-0.39, 0.29) is 23.6 Å². The van der Waals surface area contributed by atoms with Crippen LogP contribution in [0.1, 0.15) is 41.7 Å². The summed E-state index contributed by atoms with van der Waals surface area (Å²) in [6, 6.07) is 16.3. The van der Waals surface area contributed by atoms with E-state index in [4.69, 9.17) is 0 Å². The van der Waals surface area contributed by atoms with Gasteiger partial charge in [0.05, 0.1) is 17.5 Å². The maximum absolute atomic E-state index is 13.5. The van der Waals surface area contributed by atoms with E-state index in [0.717, 1.165) is 12.0 Å². The molecule has 7 nitrogen and oxygen atoms in total. The van der Waals surface area contributed by atoms with E-state index >= 15 is 0 Å². The maximum Gasteiger partial charge on any atom is 0.254 e. The minimum atomic E-state index is -3.35. The molecule has 0 bridgehead atoms. The van der Waals surface area contributed by atoms with Gasteiger partial charge in [0.25, 0.3) is 5.91 Å². The number of rotatable bonds is 3. The van der Waals surface area contributed by atoms with Crippen molar-refractivity contribution < 1.29 is 18.0 Å². The molecule has 0 saturated carbocycles. The molecular formula is C23H27N3O4S. The number of piperazine rings is 1. The molecule has 2 heterocycles. The van der Waals surface area contributed by atoms with Crippen molar-refractivity contribution in [1.29, 1.82) is 0 Å². The van der Waals surface area contributed by atoms with Crippen LogP contribution in [0.15, 0.2) is 54.6 Å². The van der Waals surface area contributed by atoms with Gasteiger partial charge in [0.2, 0.25) is 15.9 Å². The molecule has 2 fully saturated rings. The number of amides is 2. The third kappa shape index (κ3) is 4.44. The van der Waals surface area contributed by atoms with E-state index in [9.17, 15) is 18.0 Å². The van der Waals surface area contributed by atoms with Crippen LogP contribution in [0.5, 0.6) is 0 Å². The number of carbonyl (C=O) groups is 2. The van der Waals surface area contributed by atoms with Gasteiger partial charge in [0.15, 0.2) is 0 Å². The van der Waals surface area contributed by atoms with Gasteiger partial charge in [-0.2, -0.15) is 0 Å². The lowest BCUT2D eigenvalue weighted by molar-refractivity contribution is -0.131. The fourth-order valence-corrected chi connectivity index (χ4v) is 5.94. The van der Waals surface area contributed by atoms with Crippen LogP contribution in [-0.2, 0) is 14.8 Å². The van der Waals surface area contributed by atoms with Gasteiger partial charge in [-0.1, -0.05) is 36.4 Å². The van der Waals surface area contributed by atoms with Gasteiger partial charge in [-0.25, -0.2) is 8.42 Å². The Hall–Kier alpha value is -2.87. The Labute approximate surface area is 183 Å². The van der Waals surface area contributed by atoms with Gasteiger partial charge >= 0.3 is 0 Å². The molecule has 164 valence electrons. The Morgan fingerprint density at radius 1 is 0.935 bits per heavy atom. The number of hydrogen-bond acceptors (Lipinski definition) is 4. The first-order valence-corrected chi connectivity index (χ1v) is 12.2. The molecule has 2 aromatic carbocycles. The van der Waals surface area contributed by atoms with E-state index < -0.39 is 10.0 Å². The van der Waals surface area contributed by atoms with Gasteiger partial charge in [-0.05, 0) is 36.6 Å². The summed E-state index contributed by atoms with van der Waals surface area (Å²) in [7, 11) is -3.35. The van der Waals surface area contributed by atoms with Crippen LogP contribution in [0.3, 0.4) is 0 Å². The molecule has 0 N–H and O–H groups in total. The van der Waals surface area contributed by atoms with E-state index in [0.29, 0.717) is 43.9 Å². The van der Waals surface area contributed by atoms with E-state index in [2.05, 4.69) is 0 Å². The third-order valence-corrected chi connectivity index (χ3v) is 7.87. The van der Waals surface area contributed by atoms with Crippen LogP contribution in [0, 0.1) is 0 Å². The lowest BCUT2D eigenvalue weighted by Gasteiger charge is -2.41. The lowest BCUT2D eigenvalue weighted by Crippen LogP contribution is -2.51. The molecule has 0 unspecified atom stereocenters. The van der Waals surface area contributed by atoms with Crippen molar-refractivity contribution in [2.45, 2.75) is 25.8 Å². The normalized spacial score (nSPS) is 21.1. The first-order valence-electron chi connectivity index (χ1n) is 10.6. The largest absolute Gasteiger partial charge is 0.339 e. The van der Waals surface area contributed by atoms with Crippen LogP contribution in [-0.4, -0.2) is 62.0 Å². The van der Waals surface area contributed by atoms with Gasteiger partial charge < -0.3 is 9.80 Å². The molecule has 2 amide bonds. The highest BCUT2D eigenvalue weighted by atomic mass is 32.2. The Kier molecular flexibility index (Phi) is 6.00. The van der Waals surface area contributed by atoms with Crippen LogP contribution in [0.4, 0.5) is 5.69 Å². The van der Waals surface area contributed by atoms with Gasteiger partial charge in [0, 0.05) is 38.7 Å². The second-order valence-electron chi connectivity index (χ2n) is 8.04. The summed E-state index contributed by atoms with van der Waals surface area (Å²) in [5.41, 5.74) is 1.95. The third-order valence-electron chi connectivity index (χ3n) is 6.00.